The summed E-state index contributed by atoms with van der Waals surface area (Å²) < 4.78 is 6.11. The summed E-state index contributed by atoms with van der Waals surface area (Å²) in [5, 5.41) is 8.91. The van der Waals surface area contributed by atoms with Gasteiger partial charge in [-0.05, 0) is 72.7 Å². The zero-order chi connectivity index (χ0) is 19.2. The molecule has 3 heteroatoms. The van der Waals surface area contributed by atoms with Crippen molar-refractivity contribution in [2.45, 2.75) is 38.5 Å². The Labute approximate surface area is 167 Å². The highest BCUT2D eigenvalue weighted by atomic mass is 16.5. The van der Waals surface area contributed by atoms with Gasteiger partial charge in [-0.25, -0.2) is 0 Å². The van der Waals surface area contributed by atoms with Crippen molar-refractivity contribution in [3.8, 4) is 11.8 Å². The predicted molar refractivity (Wildman–Crippen MR) is 114 cm³/mol. The molecule has 1 aliphatic carbocycles. The van der Waals surface area contributed by atoms with Gasteiger partial charge in [-0.1, -0.05) is 37.5 Å². The van der Waals surface area contributed by atoms with Gasteiger partial charge in [0.2, 0.25) is 0 Å². The number of hydrogen-bond acceptors (Lipinski definition) is 3. The second kappa shape index (κ2) is 8.89. The molecular weight excluding hydrogens is 344 g/mol. The molecule has 0 aromatic heterocycles. The van der Waals surface area contributed by atoms with Crippen LogP contribution in [-0.4, -0.2) is 18.9 Å². The molecule has 0 bridgehead atoms. The third-order valence-electron chi connectivity index (χ3n) is 5.70. The quantitative estimate of drug-likeness (QED) is 0.690. The lowest BCUT2D eigenvalue weighted by Gasteiger charge is -2.22. The van der Waals surface area contributed by atoms with Crippen LogP contribution in [0, 0.1) is 17.2 Å². The highest BCUT2D eigenvalue weighted by Gasteiger charge is 2.16. The van der Waals surface area contributed by atoms with Crippen LogP contribution in [0.2, 0.25) is 0 Å². The fourth-order valence-corrected chi connectivity index (χ4v) is 4.05. The van der Waals surface area contributed by atoms with Gasteiger partial charge >= 0.3 is 0 Å². The van der Waals surface area contributed by atoms with E-state index in [9.17, 15) is 0 Å². The third-order valence-corrected chi connectivity index (χ3v) is 5.70. The van der Waals surface area contributed by atoms with Crippen LogP contribution >= 0.6 is 0 Å². The summed E-state index contributed by atoms with van der Waals surface area (Å²) in [6, 6.07) is 16.2. The first-order chi connectivity index (χ1) is 13.8. The second-order valence-corrected chi connectivity index (χ2v) is 7.72. The molecule has 2 aromatic rings. The Kier molecular flexibility index (Phi) is 5.87. The average molecular weight is 370 g/mol. The van der Waals surface area contributed by atoms with Gasteiger partial charge in [0.1, 0.15) is 5.75 Å². The van der Waals surface area contributed by atoms with E-state index < -0.39 is 0 Å². The monoisotopic (exact) mass is 370 g/mol. The van der Waals surface area contributed by atoms with Gasteiger partial charge in [0.25, 0.3) is 0 Å². The van der Waals surface area contributed by atoms with E-state index in [1.54, 1.807) is 0 Å². The van der Waals surface area contributed by atoms with Crippen LogP contribution < -0.4 is 4.74 Å². The van der Waals surface area contributed by atoms with Crippen molar-refractivity contribution < 1.29 is 4.74 Å². The molecule has 1 heterocycles. The van der Waals surface area contributed by atoms with E-state index in [2.05, 4.69) is 36.4 Å². The molecule has 0 amide bonds. The summed E-state index contributed by atoms with van der Waals surface area (Å²) in [4.78, 5) is 4.71. The smallest absolute Gasteiger partial charge is 0.119 e. The van der Waals surface area contributed by atoms with Crippen LogP contribution in [0.5, 0.6) is 5.75 Å². The molecule has 1 fully saturated rings. The molecule has 1 aliphatic heterocycles. The fraction of sp³-hybridized carbons (Fsp3) is 0.360. The molecule has 1 saturated carbocycles. The fourth-order valence-electron chi connectivity index (χ4n) is 4.05. The minimum Gasteiger partial charge on any atom is -0.493 e. The topological polar surface area (TPSA) is 45.4 Å². The van der Waals surface area contributed by atoms with Crippen LogP contribution in [0.15, 0.2) is 53.5 Å². The molecule has 2 aliphatic rings. The predicted octanol–water partition coefficient (Wildman–Crippen LogP) is 5.58. The maximum Gasteiger partial charge on any atom is 0.119 e. The number of fused-ring (bicyclic) bond motifs is 1. The van der Waals surface area contributed by atoms with Gasteiger partial charge in [0.15, 0.2) is 0 Å². The van der Waals surface area contributed by atoms with E-state index in [1.807, 2.05) is 24.3 Å². The van der Waals surface area contributed by atoms with Crippen molar-refractivity contribution >= 4 is 11.8 Å². The summed E-state index contributed by atoms with van der Waals surface area (Å²) >= 11 is 0. The SMILES string of the molecule is N#Cc1ccc(C=CC2=NCCc3cc(OCC4CCCCC4)ccc32)cc1. The zero-order valence-corrected chi connectivity index (χ0v) is 16.2. The summed E-state index contributed by atoms with van der Waals surface area (Å²) in [7, 11) is 0. The first kappa shape index (κ1) is 18.5. The average Bonchev–Trinajstić information content (AvgIpc) is 2.77. The number of nitriles is 1. The molecule has 0 N–H and O–H groups in total. The Morgan fingerprint density at radius 3 is 2.64 bits per heavy atom. The van der Waals surface area contributed by atoms with Gasteiger partial charge in [-0.2, -0.15) is 5.26 Å². The number of hydrogen-bond donors (Lipinski definition) is 0. The van der Waals surface area contributed by atoms with E-state index in [-0.39, 0.29) is 0 Å². The van der Waals surface area contributed by atoms with Gasteiger partial charge in [-0.15, -0.1) is 0 Å². The van der Waals surface area contributed by atoms with Crippen LogP contribution in [0.1, 0.15) is 54.4 Å². The summed E-state index contributed by atoms with van der Waals surface area (Å²) in [6.45, 7) is 1.66. The number of ether oxygens (including phenoxy) is 1. The Morgan fingerprint density at radius 1 is 1.04 bits per heavy atom. The largest absolute Gasteiger partial charge is 0.493 e. The molecule has 0 spiro atoms. The molecule has 0 radical (unpaired) electrons. The summed E-state index contributed by atoms with van der Waals surface area (Å²) in [6.07, 6.45) is 11.8. The van der Waals surface area contributed by atoms with Gasteiger partial charge < -0.3 is 4.74 Å². The Bertz CT molecular complexity index is 913. The third kappa shape index (κ3) is 4.51. The van der Waals surface area contributed by atoms with Gasteiger partial charge in [0.05, 0.1) is 24.0 Å². The summed E-state index contributed by atoms with van der Waals surface area (Å²) in [5.41, 5.74) is 5.28. The number of benzene rings is 2. The lowest BCUT2D eigenvalue weighted by Crippen LogP contribution is -2.16. The Balaban J connectivity index is 1.43. The first-order valence-electron chi connectivity index (χ1n) is 10.3. The van der Waals surface area contributed by atoms with Crippen LogP contribution in [0.3, 0.4) is 0 Å². The van der Waals surface area contributed by atoms with Crippen molar-refractivity contribution in [2.75, 3.05) is 13.2 Å². The van der Waals surface area contributed by atoms with Crippen molar-refractivity contribution in [3.05, 3.63) is 70.8 Å². The van der Waals surface area contributed by atoms with Crippen molar-refractivity contribution in [1.29, 1.82) is 5.26 Å². The van der Waals surface area contributed by atoms with Crippen LogP contribution in [0.25, 0.3) is 6.08 Å². The number of nitrogens with zero attached hydrogens (tertiary/aromatic N) is 2. The maximum atomic E-state index is 8.91. The molecule has 3 nitrogen and oxygen atoms in total. The van der Waals surface area contributed by atoms with Crippen LogP contribution in [0.4, 0.5) is 0 Å². The number of aliphatic imine (C=N–C) groups is 1. The highest BCUT2D eigenvalue weighted by Crippen LogP contribution is 2.27. The van der Waals surface area contributed by atoms with E-state index >= 15 is 0 Å². The molecule has 0 saturated heterocycles. The number of allylic oxidation sites excluding steroid dienone is 1. The van der Waals surface area contributed by atoms with Crippen LogP contribution in [-0.2, 0) is 6.42 Å². The zero-order valence-electron chi connectivity index (χ0n) is 16.2. The number of rotatable bonds is 5. The van der Waals surface area contributed by atoms with Gasteiger partial charge in [0, 0.05) is 12.1 Å². The van der Waals surface area contributed by atoms with E-state index in [1.165, 1.54) is 43.2 Å². The molecule has 4 rings (SSSR count). The minimum atomic E-state index is 0.679. The lowest BCUT2D eigenvalue weighted by atomic mass is 9.90. The van der Waals surface area contributed by atoms with E-state index in [0.29, 0.717) is 5.56 Å². The Hall–Kier alpha value is -2.86. The first-order valence-corrected chi connectivity index (χ1v) is 10.3. The maximum absolute atomic E-state index is 8.91. The molecule has 0 atom stereocenters. The molecular formula is C25H26N2O. The van der Waals surface area contributed by atoms with Crippen molar-refractivity contribution in [2.24, 2.45) is 10.9 Å². The molecule has 142 valence electrons. The molecule has 0 unspecified atom stereocenters. The normalized spacial score (nSPS) is 17.0. The summed E-state index contributed by atoms with van der Waals surface area (Å²) in [5.74, 6) is 1.71. The lowest BCUT2D eigenvalue weighted by molar-refractivity contribution is 0.208. The highest BCUT2D eigenvalue weighted by molar-refractivity contribution is 6.12. The van der Waals surface area contributed by atoms with E-state index in [0.717, 1.165) is 42.5 Å². The molecule has 28 heavy (non-hydrogen) atoms. The minimum absolute atomic E-state index is 0.679. The van der Waals surface area contributed by atoms with Gasteiger partial charge in [-0.3, -0.25) is 4.99 Å². The van der Waals surface area contributed by atoms with E-state index in [4.69, 9.17) is 15.0 Å². The molecule has 2 aromatic carbocycles. The second-order valence-electron chi connectivity index (χ2n) is 7.72. The van der Waals surface area contributed by atoms with Crippen molar-refractivity contribution in [1.82, 2.24) is 0 Å². The Morgan fingerprint density at radius 2 is 1.86 bits per heavy atom. The standard InChI is InChI=1S/C25H26N2O/c26-17-20-8-6-19(7-9-20)10-13-25-24-12-11-23(16-22(24)14-15-27-25)28-18-21-4-2-1-3-5-21/h6-13,16,21H,1-5,14-15,18H2. The van der Waals surface area contributed by atoms with Crippen molar-refractivity contribution in [3.63, 3.8) is 0 Å².